The van der Waals surface area contributed by atoms with E-state index in [1.165, 1.54) is 55.9 Å². The third-order valence-corrected chi connectivity index (χ3v) is 7.74. The fraction of sp³-hybridized carbons (Fsp3) is 0.154. The van der Waals surface area contributed by atoms with E-state index in [0.717, 1.165) is 24.2 Å². The first-order valence-corrected chi connectivity index (χ1v) is 14.3. The zero-order chi connectivity index (χ0) is 28.9. The van der Waals surface area contributed by atoms with Gasteiger partial charge >= 0.3 is 0 Å². The number of anilines is 1. The van der Waals surface area contributed by atoms with Gasteiger partial charge in [0, 0.05) is 0 Å². The van der Waals surface area contributed by atoms with Crippen LogP contribution < -0.4 is 4.90 Å². The summed E-state index contributed by atoms with van der Waals surface area (Å²) in [6.45, 7) is 18.5. The maximum absolute atomic E-state index is 3.84. The Bertz CT molecular complexity index is 1630. The molecule has 0 amide bonds. The van der Waals surface area contributed by atoms with Crippen molar-refractivity contribution in [1.82, 2.24) is 0 Å². The van der Waals surface area contributed by atoms with E-state index < -0.39 is 0 Å². The lowest BCUT2D eigenvalue weighted by atomic mass is 10.0. The van der Waals surface area contributed by atoms with Crippen LogP contribution in [0.4, 0.5) is 11.4 Å². The maximum atomic E-state index is 3.84. The van der Waals surface area contributed by atoms with Gasteiger partial charge < -0.3 is 0 Å². The number of aryl methyl sites for hydroxylation is 4. The molecule has 0 N–H and O–H groups in total. The minimum atomic E-state index is 0.966. The first-order valence-electron chi connectivity index (χ1n) is 14.3. The summed E-state index contributed by atoms with van der Waals surface area (Å²) < 4.78 is 2.41. The van der Waals surface area contributed by atoms with Gasteiger partial charge in [-0.25, -0.2) is 9.48 Å². The highest BCUT2D eigenvalue weighted by atomic mass is 15.3. The van der Waals surface area contributed by atoms with Crippen LogP contribution in [0.2, 0.25) is 0 Å². The highest BCUT2D eigenvalue weighted by Gasteiger charge is 2.27. The molecule has 204 valence electrons. The Hall–Kier alpha value is -4.69. The minimum absolute atomic E-state index is 0.966. The summed E-state index contributed by atoms with van der Waals surface area (Å²) in [4.78, 5) is 2.41. The molecule has 2 heteroatoms. The first kappa shape index (κ1) is 27.9. The maximum Gasteiger partial charge on any atom is 0.244 e. The van der Waals surface area contributed by atoms with E-state index in [1.54, 1.807) is 0 Å². The van der Waals surface area contributed by atoms with E-state index >= 15 is 0 Å². The Morgan fingerprint density at radius 3 is 1.39 bits per heavy atom. The molecule has 0 aliphatic carbocycles. The Balaban J connectivity index is 1.34. The predicted octanol–water partition coefficient (Wildman–Crippen LogP) is 9.74. The second-order valence-corrected chi connectivity index (χ2v) is 10.9. The van der Waals surface area contributed by atoms with Gasteiger partial charge in [-0.3, -0.25) is 0 Å². The van der Waals surface area contributed by atoms with Gasteiger partial charge in [-0.1, -0.05) is 98.1 Å². The number of nitrogens with zero attached hydrogens (tertiary/aromatic N) is 2. The van der Waals surface area contributed by atoms with E-state index in [0.29, 0.717) is 0 Å². The number of benzene rings is 4. The molecule has 1 heterocycles. The van der Waals surface area contributed by atoms with Crippen molar-refractivity contribution in [2.24, 2.45) is 0 Å². The second kappa shape index (κ2) is 12.2. The van der Waals surface area contributed by atoms with Crippen molar-refractivity contribution in [3.8, 4) is 0 Å². The van der Waals surface area contributed by atoms with Gasteiger partial charge in [0.2, 0.25) is 6.34 Å². The van der Waals surface area contributed by atoms with Crippen LogP contribution in [0.5, 0.6) is 0 Å². The van der Waals surface area contributed by atoms with E-state index in [4.69, 9.17) is 0 Å². The van der Waals surface area contributed by atoms with E-state index in [1.807, 2.05) is 12.2 Å². The molecular formula is C39H39N2+. The molecule has 41 heavy (non-hydrogen) atoms. The molecule has 4 aromatic carbocycles. The second-order valence-electron chi connectivity index (χ2n) is 10.9. The summed E-state index contributed by atoms with van der Waals surface area (Å²) in [5.41, 5.74) is 14.9. The summed E-state index contributed by atoms with van der Waals surface area (Å²) in [6, 6.07) is 26.1. The fourth-order valence-corrected chi connectivity index (χ4v) is 5.79. The minimum Gasteiger partial charge on any atom is -0.229 e. The fourth-order valence-electron chi connectivity index (χ4n) is 5.79. The first-order chi connectivity index (χ1) is 19.8. The van der Waals surface area contributed by atoms with Crippen molar-refractivity contribution in [3.05, 3.63) is 142 Å². The lowest BCUT2D eigenvalue weighted by Crippen LogP contribution is -2.20. The molecule has 0 saturated carbocycles. The van der Waals surface area contributed by atoms with E-state index in [9.17, 15) is 0 Å². The third kappa shape index (κ3) is 6.39. The molecule has 5 rings (SSSR count). The standard InChI is InChI=1S/C39H39N2/c1-7-32-9-13-34(14-10-32)17-19-36-23-28(3)38(29(4)24-36)40-21-22-41(27-40)39-30(5)25-37(26-31(39)6)20-18-35-15-11-33(8-2)12-16-35/h7-20,23-27H,1-2,21-22H2,3-6H3/q+1/b19-17+,20-18+. The summed E-state index contributed by atoms with van der Waals surface area (Å²) in [5, 5.41) is 0. The van der Waals surface area contributed by atoms with Gasteiger partial charge in [-0.05, 0) is 108 Å². The molecule has 0 saturated heterocycles. The zero-order valence-corrected chi connectivity index (χ0v) is 24.7. The molecule has 0 bridgehead atoms. The highest BCUT2D eigenvalue weighted by molar-refractivity contribution is 5.83. The van der Waals surface area contributed by atoms with Gasteiger partial charge in [0.15, 0.2) is 0 Å². The Morgan fingerprint density at radius 1 is 0.561 bits per heavy atom. The summed E-state index contributed by atoms with van der Waals surface area (Å²) in [6.07, 6.45) is 14.8. The van der Waals surface area contributed by atoms with Gasteiger partial charge in [0.1, 0.15) is 24.5 Å². The van der Waals surface area contributed by atoms with Gasteiger partial charge in [-0.2, -0.15) is 0 Å². The molecule has 0 unspecified atom stereocenters. The monoisotopic (exact) mass is 535 g/mol. The van der Waals surface area contributed by atoms with Crippen LogP contribution in [-0.4, -0.2) is 24.0 Å². The lowest BCUT2D eigenvalue weighted by Gasteiger charge is -2.14. The van der Waals surface area contributed by atoms with Crippen molar-refractivity contribution in [2.45, 2.75) is 27.7 Å². The van der Waals surface area contributed by atoms with Crippen LogP contribution in [0.25, 0.3) is 36.5 Å². The predicted molar refractivity (Wildman–Crippen MR) is 181 cm³/mol. The summed E-state index contributed by atoms with van der Waals surface area (Å²) in [7, 11) is 0. The SMILES string of the molecule is C=Cc1ccc(/C=C/c2cc(C)c(N3C=[N+](c4c(C)cc(/C=C/c5ccc(C=C)cc5)cc4C)CC3)c(C)c2)cc1. The molecule has 1 aliphatic rings. The van der Waals surface area contributed by atoms with Crippen LogP contribution in [0.3, 0.4) is 0 Å². The Morgan fingerprint density at radius 2 is 0.951 bits per heavy atom. The van der Waals surface area contributed by atoms with E-state index in [2.05, 4.69) is 154 Å². The normalized spacial score (nSPS) is 13.3. The smallest absolute Gasteiger partial charge is 0.229 e. The van der Waals surface area contributed by atoms with Gasteiger partial charge in [-0.15, -0.1) is 0 Å². The van der Waals surface area contributed by atoms with Crippen molar-refractivity contribution < 1.29 is 4.58 Å². The molecule has 0 atom stereocenters. The Labute approximate surface area is 245 Å². The topological polar surface area (TPSA) is 6.25 Å². The van der Waals surface area contributed by atoms with Gasteiger partial charge in [0.25, 0.3) is 0 Å². The average molecular weight is 536 g/mol. The van der Waals surface area contributed by atoms with Gasteiger partial charge in [0.05, 0.1) is 0 Å². The zero-order valence-electron chi connectivity index (χ0n) is 24.7. The van der Waals surface area contributed by atoms with Crippen molar-refractivity contribution >= 4 is 54.2 Å². The van der Waals surface area contributed by atoms with Crippen molar-refractivity contribution in [2.75, 3.05) is 18.0 Å². The number of hydrogen-bond acceptors (Lipinski definition) is 1. The number of hydrogen-bond donors (Lipinski definition) is 0. The van der Waals surface area contributed by atoms with Crippen LogP contribution in [0.1, 0.15) is 55.6 Å². The van der Waals surface area contributed by atoms with Crippen LogP contribution in [0.15, 0.2) is 86.0 Å². The molecule has 0 fully saturated rings. The largest absolute Gasteiger partial charge is 0.244 e. The molecule has 0 aromatic heterocycles. The molecule has 1 aliphatic heterocycles. The summed E-state index contributed by atoms with van der Waals surface area (Å²) >= 11 is 0. The molecule has 4 aromatic rings. The lowest BCUT2D eigenvalue weighted by molar-refractivity contribution is -0.425. The summed E-state index contributed by atoms with van der Waals surface area (Å²) in [5.74, 6) is 0. The molecule has 2 nitrogen and oxygen atoms in total. The molecular weight excluding hydrogens is 496 g/mol. The van der Waals surface area contributed by atoms with Crippen molar-refractivity contribution in [1.29, 1.82) is 0 Å². The Kier molecular flexibility index (Phi) is 8.31. The van der Waals surface area contributed by atoms with Crippen LogP contribution >= 0.6 is 0 Å². The molecule has 0 spiro atoms. The average Bonchev–Trinajstić information content (AvgIpc) is 3.43. The molecule has 0 radical (unpaired) electrons. The third-order valence-electron chi connectivity index (χ3n) is 7.74. The quantitative estimate of drug-likeness (QED) is 0.161. The van der Waals surface area contributed by atoms with Crippen molar-refractivity contribution in [3.63, 3.8) is 0 Å². The van der Waals surface area contributed by atoms with Crippen LogP contribution in [0, 0.1) is 27.7 Å². The highest BCUT2D eigenvalue weighted by Crippen LogP contribution is 2.31. The van der Waals surface area contributed by atoms with Crippen LogP contribution in [-0.2, 0) is 0 Å². The number of rotatable bonds is 8. The van der Waals surface area contributed by atoms with E-state index in [-0.39, 0.29) is 0 Å².